The largest absolute Gasteiger partial charge is 0.356 e. The van der Waals surface area contributed by atoms with E-state index in [2.05, 4.69) is 20.5 Å². The van der Waals surface area contributed by atoms with Gasteiger partial charge >= 0.3 is 0 Å². The van der Waals surface area contributed by atoms with E-state index in [1.54, 1.807) is 6.92 Å². The van der Waals surface area contributed by atoms with E-state index < -0.39 is 0 Å². The van der Waals surface area contributed by atoms with Gasteiger partial charge in [-0.05, 0) is 6.42 Å². The summed E-state index contributed by atoms with van der Waals surface area (Å²) in [4.78, 5) is 15.3. The number of halogens is 1. The first-order valence-electron chi connectivity index (χ1n) is 4.92. The van der Waals surface area contributed by atoms with E-state index in [1.807, 2.05) is 0 Å². The summed E-state index contributed by atoms with van der Waals surface area (Å²) in [6, 6.07) is 0. The zero-order valence-corrected chi connectivity index (χ0v) is 9.42. The number of carbonyl (C=O) groups is 1. The van der Waals surface area contributed by atoms with Gasteiger partial charge in [-0.1, -0.05) is 6.92 Å². The molecule has 1 unspecified atom stereocenters. The number of hydrogen-bond acceptors (Lipinski definition) is 3. The Hall–Kier alpha value is -1.10. The highest BCUT2D eigenvalue weighted by molar-refractivity contribution is 6.19. The Morgan fingerprint density at radius 1 is 1.73 bits per heavy atom. The van der Waals surface area contributed by atoms with Gasteiger partial charge in [0.25, 0.3) is 0 Å². The van der Waals surface area contributed by atoms with E-state index >= 15 is 0 Å². The second-order valence-electron chi connectivity index (χ2n) is 3.38. The number of aromatic amines is 1. The van der Waals surface area contributed by atoms with Gasteiger partial charge < -0.3 is 5.32 Å². The number of aromatic nitrogens is 3. The van der Waals surface area contributed by atoms with Crippen molar-refractivity contribution in [1.82, 2.24) is 20.5 Å². The minimum Gasteiger partial charge on any atom is -0.356 e. The molecule has 1 atom stereocenters. The molecule has 0 radical (unpaired) electrons. The van der Waals surface area contributed by atoms with Crippen molar-refractivity contribution in [3.63, 3.8) is 0 Å². The quantitative estimate of drug-likeness (QED) is 0.559. The maximum Gasteiger partial charge on any atom is 0.224 e. The summed E-state index contributed by atoms with van der Waals surface area (Å²) in [5, 5.41) is 9.31. The second-order valence-corrected chi connectivity index (χ2v) is 3.69. The van der Waals surface area contributed by atoms with E-state index in [-0.39, 0.29) is 11.8 Å². The van der Waals surface area contributed by atoms with Crippen molar-refractivity contribution in [2.24, 2.45) is 5.92 Å². The fourth-order valence-corrected chi connectivity index (χ4v) is 1.20. The van der Waals surface area contributed by atoms with Crippen molar-refractivity contribution >= 4 is 17.5 Å². The molecule has 0 aliphatic carbocycles. The zero-order valence-electron chi connectivity index (χ0n) is 8.66. The average Bonchev–Trinajstić information content (AvgIpc) is 2.75. The molecule has 0 saturated carbocycles. The lowest BCUT2D eigenvalue weighted by Crippen LogP contribution is -2.31. The molecule has 1 heterocycles. The predicted octanol–water partition coefficient (Wildman–Crippen LogP) is 0.728. The number of nitrogens with one attached hydrogen (secondary N) is 2. The normalized spacial score (nSPS) is 12.4. The zero-order chi connectivity index (χ0) is 11.1. The molecule has 0 aromatic carbocycles. The summed E-state index contributed by atoms with van der Waals surface area (Å²) in [7, 11) is 0. The van der Waals surface area contributed by atoms with Gasteiger partial charge in [-0.2, -0.15) is 5.10 Å². The van der Waals surface area contributed by atoms with Crippen LogP contribution in [0.4, 0.5) is 0 Å². The molecule has 0 fully saturated rings. The van der Waals surface area contributed by atoms with Gasteiger partial charge in [0.1, 0.15) is 12.2 Å². The number of hydrogen-bond donors (Lipinski definition) is 2. The Morgan fingerprint density at radius 3 is 3.13 bits per heavy atom. The highest BCUT2D eigenvalue weighted by Gasteiger charge is 2.09. The van der Waals surface area contributed by atoms with Crippen LogP contribution in [0.1, 0.15) is 19.2 Å². The van der Waals surface area contributed by atoms with Gasteiger partial charge in [-0.3, -0.25) is 9.89 Å². The Morgan fingerprint density at radius 2 is 2.53 bits per heavy atom. The van der Waals surface area contributed by atoms with Crippen molar-refractivity contribution in [2.75, 3.05) is 12.4 Å². The van der Waals surface area contributed by atoms with Gasteiger partial charge in [0.15, 0.2) is 0 Å². The molecule has 1 aromatic heterocycles. The summed E-state index contributed by atoms with van der Waals surface area (Å²) in [6.45, 7) is 2.44. The molecule has 84 valence electrons. The predicted molar refractivity (Wildman–Crippen MR) is 57.6 cm³/mol. The van der Waals surface area contributed by atoms with Crippen molar-refractivity contribution in [3.05, 3.63) is 12.2 Å². The van der Waals surface area contributed by atoms with Crippen LogP contribution in [0.2, 0.25) is 0 Å². The van der Waals surface area contributed by atoms with Gasteiger partial charge in [-0.15, -0.1) is 11.6 Å². The van der Waals surface area contributed by atoms with Gasteiger partial charge in [0.2, 0.25) is 5.91 Å². The summed E-state index contributed by atoms with van der Waals surface area (Å²) in [5.41, 5.74) is 0. The van der Waals surface area contributed by atoms with Crippen molar-refractivity contribution in [3.8, 4) is 0 Å². The Labute approximate surface area is 93.6 Å². The number of rotatable bonds is 6. The maximum atomic E-state index is 11.3. The van der Waals surface area contributed by atoms with E-state index in [0.717, 1.165) is 18.7 Å². The first-order chi connectivity index (χ1) is 7.24. The van der Waals surface area contributed by atoms with Crippen molar-refractivity contribution in [1.29, 1.82) is 0 Å². The SMILES string of the molecule is CC(CCl)C(=O)NCCCc1ncn[nH]1. The molecule has 1 rings (SSSR count). The smallest absolute Gasteiger partial charge is 0.224 e. The monoisotopic (exact) mass is 230 g/mol. The summed E-state index contributed by atoms with van der Waals surface area (Å²) >= 11 is 5.56. The molecule has 0 aliphatic heterocycles. The van der Waals surface area contributed by atoms with Gasteiger partial charge in [-0.25, -0.2) is 4.98 Å². The number of amides is 1. The van der Waals surface area contributed by atoms with Gasteiger partial charge in [0, 0.05) is 24.8 Å². The molecular weight excluding hydrogens is 216 g/mol. The van der Waals surface area contributed by atoms with Crippen LogP contribution < -0.4 is 5.32 Å². The molecular formula is C9H15ClN4O. The highest BCUT2D eigenvalue weighted by atomic mass is 35.5. The molecule has 1 amide bonds. The standard InChI is InChI=1S/C9H15ClN4O/c1-7(5-10)9(15)11-4-2-3-8-12-6-13-14-8/h6-7H,2-5H2,1H3,(H,11,15)(H,12,13,14). The molecule has 15 heavy (non-hydrogen) atoms. The molecule has 0 bridgehead atoms. The average molecular weight is 231 g/mol. The highest BCUT2D eigenvalue weighted by Crippen LogP contribution is 1.98. The fraction of sp³-hybridized carbons (Fsp3) is 0.667. The second kappa shape index (κ2) is 6.40. The lowest BCUT2D eigenvalue weighted by Gasteiger charge is -2.08. The molecule has 1 aromatic rings. The van der Waals surface area contributed by atoms with Crippen LogP contribution in [0.15, 0.2) is 6.33 Å². The lowest BCUT2D eigenvalue weighted by molar-refractivity contribution is -0.123. The molecule has 0 spiro atoms. The molecule has 5 nitrogen and oxygen atoms in total. The summed E-state index contributed by atoms with van der Waals surface area (Å²) in [6.07, 6.45) is 3.11. The lowest BCUT2D eigenvalue weighted by atomic mass is 10.2. The van der Waals surface area contributed by atoms with E-state index in [9.17, 15) is 4.79 Å². The topological polar surface area (TPSA) is 70.7 Å². The van der Waals surface area contributed by atoms with Crippen molar-refractivity contribution in [2.45, 2.75) is 19.8 Å². The van der Waals surface area contributed by atoms with Crippen LogP contribution in [-0.2, 0) is 11.2 Å². The number of alkyl halides is 1. The first-order valence-corrected chi connectivity index (χ1v) is 5.45. The molecule has 0 saturated heterocycles. The maximum absolute atomic E-state index is 11.3. The first kappa shape index (κ1) is 12.0. The summed E-state index contributed by atoms with van der Waals surface area (Å²) in [5.74, 6) is 1.07. The van der Waals surface area contributed by atoms with Crippen LogP contribution in [0.25, 0.3) is 0 Å². The number of H-pyrrole nitrogens is 1. The Bertz CT molecular complexity index is 288. The third-order valence-electron chi connectivity index (χ3n) is 2.03. The van der Waals surface area contributed by atoms with E-state index in [1.165, 1.54) is 6.33 Å². The number of carbonyl (C=O) groups excluding carboxylic acids is 1. The summed E-state index contributed by atoms with van der Waals surface area (Å²) < 4.78 is 0. The fourth-order valence-electron chi connectivity index (χ4n) is 1.06. The Kier molecular flexibility index (Phi) is 5.10. The van der Waals surface area contributed by atoms with Crippen LogP contribution in [0, 0.1) is 5.92 Å². The van der Waals surface area contributed by atoms with Crippen molar-refractivity contribution < 1.29 is 4.79 Å². The van der Waals surface area contributed by atoms with E-state index in [4.69, 9.17) is 11.6 Å². The minimum atomic E-state index is -0.128. The third-order valence-corrected chi connectivity index (χ3v) is 2.50. The minimum absolute atomic E-state index is 0.00238. The van der Waals surface area contributed by atoms with Crippen LogP contribution in [0.5, 0.6) is 0 Å². The molecule has 0 aliphatic rings. The third kappa shape index (κ3) is 4.29. The van der Waals surface area contributed by atoms with Crippen LogP contribution >= 0.6 is 11.6 Å². The van der Waals surface area contributed by atoms with Gasteiger partial charge in [0.05, 0.1) is 0 Å². The van der Waals surface area contributed by atoms with Crippen LogP contribution in [-0.4, -0.2) is 33.5 Å². The molecule has 2 N–H and O–H groups in total. The van der Waals surface area contributed by atoms with E-state index in [0.29, 0.717) is 12.4 Å². The number of nitrogens with zero attached hydrogens (tertiary/aromatic N) is 2. The molecule has 6 heteroatoms. The number of aryl methyl sites for hydroxylation is 1. The Balaban J connectivity index is 2.09. The van der Waals surface area contributed by atoms with Crippen LogP contribution in [0.3, 0.4) is 0 Å².